The average Bonchev–Trinajstić information content (AvgIpc) is 3.32. The van der Waals surface area contributed by atoms with Crippen LogP contribution >= 0.6 is 0 Å². The zero-order chi connectivity index (χ0) is 45.0. The molecule has 2 amide bonds. The number of amides is 2. The molecule has 0 atom stereocenters. The van der Waals surface area contributed by atoms with Gasteiger partial charge >= 0.3 is 30.8 Å². The minimum Gasteiger partial charge on any atom is -0.870 e. The van der Waals surface area contributed by atoms with E-state index >= 15 is 0 Å². The third kappa shape index (κ3) is 12.2. The van der Waals surface area contributed by atoms with Crippen LogP contribution in [0.1, 0.15) is 49.9 Å². The molecule has 0 unspecified atom stereocenters. The van der Waals surface area contributed by atoms with Gasteiger partial charge in [0.15, 0.2) is 0 Å². The fourth-order valence-corrected chi connectivity index (χ4v) is 7.60. The summed E-state index contributed by atoms with van der Waals surface area (Å²) < 4.78 is 5.06. The van der Waals surface area contributed by atoms with Gasteiger partial charge in [-0.25, -0.2) is 0 Å². The Labute approximate surface area is 395 Å². The maximum atomic E-state index is 13.3. The Kier molecular flexibility index (Phi) is 17.7. The van der Waals surface area contributed by atoms with Crippen molar-refractivity contribution in [3.05, 3.63) is 203 Å². The SMILES string of the molecule is CCOC(=O)Cc1ccccc1NC(=O)c1cc(-c2cccc(CN)c2)c2ccccc2c1.NCc1cccc(-c2cc(C(=O)Nc3ccccc3CC(=O)O)cc3ccccc23)c1.[Li+].[OH-]. The maximum absolute atomic E-state index is 13.3. The van der Waals surface area contributed by atoms with Crippen molar-refractivity contribution in [1.82, 2.24) is 0 Å². The second-order valence-electron chi connectivity index (χ2n) is 15.1. The quantitative estimate of drug-likeness (QED) is 0.0597. The minimum absolute atomic E-state index is 0. The van der Waals surface area contributed by atoms with Crippen LogP contribution in [0.4, 0.5) is 11.4 Å². The van der Waals surface area contributed by atoms with Crippen LogP contribution in [-0.2, 0) is 40.3 Å². The third-order valence-electron chi connectivity index (χ3n) is 10.7. The number of benzene rings is 8. The Morgan fingerprint density at radius 2 is 0.955 bits per heavy atom. The molecule has 0 saturated carbocycles. The van der Waals surface area contributed by atoms with Crippen LogP contribution in [0.3, 0.4) is 0 Å². The number of nitrogens with one attached hydrogen (secondary N) is 2. The van der Waals surface area contributed by atoms with Gasteiger partial charge in [-0.1, -0.05) is 121 Å². The van der Waals surface area contributed by atoms with E-state index in [-0.39, 0.29) is 55.0 Å². The Balaban J connectivity index is 0.000000241. The van der Waals surface area contributed by atoms with E-state index in [2.05, 4.69) is 22.8 Å². The molecule has 0 aliphatic carbocycles. The molecule has 0 radical (unpaired) electrons. The van der Waals surface area contributed by atoms with E-state index in [0.29, 0.717) is 53.3 Å². The monoisotopic (exact) mass is 872 g/mol. The second-order valence-corrected chi connectivity index (χ2v) is 15.1. The van der Waals surface area contributed by atoms with E-state index < -0.39 is 5.97 Å². The number of ether oxygens (including phenoxy) is 1. The number of hydrogen-bond donors (Lipinski definition) is 5. The average molecular weight is 873 g/mol. The van der Waals surface area contributed by atoms with Crippen LogP contribution in [0, 0.1) is 0 Å². The summed E-state index contributed by atoms with van der Waals surface area (Å²) in [6.07, 6.45) is -0.0650. The number of esters is 1. The summed E-state index contributed by atoms with van der Waals surface area (Å²) >= 11 is 0. The molecule has 8 rings (SSSR count). The fraction of sp³-hybridized carbons (Fsp3) is 0.111. The number of anilines is 2. The number of aliphatic carboxylic acids is 1. The normalized spacial score (nSPS) is 10.4. The Morgan fingerprint density at radius 3 is 1.39 bits per heavy atom. The molecule has 8 aromatic carbocycles. The standard InChI is InChI=1S/C28H26N2O3.C26H22N2O3.Li.H2O/c1-2-33-27(31)17-22-10-4-6-13-26(22)30-28(32)23-15-21-9-3-5-12-24(21)25(16-23)20-11-7-8-19(14-20)18-29;27-16-17-6-5-9-18(12-17)23-14-21(13-19-7-1-3-10-22(19)23)26(31)28-24-11-4-2-8-20(24)15-25(29)30;;/h3-16H,2,17-18,29H2,1H3,(H,30,32);1-14H,15-16,27H2,(H,28,31)(H,29,30);;1H2/q;;+1;/p-1. The van der Waals surface area contributed by atoms with E-state index in [1.165, 1.54) is 0 Å². The van der Waals surface area contributed by atoms with Crippen molar-refractivity contribution in [3.8, 4) is 22.3 Å². The van der Waals surface area contributed by atoms with Crippen molar-refractivity contribution in [2.45, 2.75) is 32.9 Å². The molecule has 11 nitrogen and oxygen atoms in total. The molecule has 0 heterocycles. The van der Waals surface area contributed by atoms with Gasteiger partial charge in [0.1, 0.15) is 0 Å². The van der Waals surface area contributed by atoms with Gasteiger partial charge in [-0.05, 0) is 122 Å². The van der Waals surface area contributed by atoms with Gasteiger partial charge < -0.3 is 37.4 Å². The van der Waals surface area contributed by atoms with Gasteiger partial charge in [0.25, 0.3) is 11.8 Å². The van der Waals surface area contributed by atoms with E-state index in [0.717, 1.165) is 54.9 Å². The summed E-state index contributed by atoms with van der Waals surface area (Å²) in [5.41, 5.74) is 21.0. The van der Waals surface area contributed by atoms with Gasteiger partial charge in [0.2, 0.25) is 0 Å². The van der Waals surface area contributed by atoms with Gasteiger partial charge in [-0.3, -0.25) is 19.2 Å². The van der Waals surface area contributed by atoms with E-state index in [1.807, 2.05) is 127 Å². The molecule has 0 aliphatic heterocycles. The Morgan fingerprint density at radius 1 is 0.530 bits per heavy atom. The van der Waals surface area contributed by atoms with Crippen LogP contribution in [0.5, 0.6) is 0 Å². The van der Waals surface area contributed by atoms with Crippen molar-refractivity contribution in [2.24, 2.45) is 11.5 Å². The molecule has 8 N–H and O–H groups in total. The van der Waals surface area contributed by atoms with Crippen LogP contribution in [0.25, 0.3) is 43.8 Å². The number of para-hydroxylation sites is 2. The molecule has 0 saturated heterocycles. The molecule has 328 valence electrons. The second kappa shape index (κ2) is 23.5. The molecule has 0 bridgehead atoms. The van der Waals surface area contributed by atoms with Crippen LogP contribution in [0.2, 0.25) is 0 Å². The Hall–Kier alpha value is -7.36. The fourth-order valence-electron chi connectivity index (χ4n) is 7.60. The largest absolute Gasteiger partial charge is 1.00 e. The summed E-state index contributed by atoms with van der Waals surface area (Å²) in [6.45, 7) is 2.97. The Bertz CT molecular complexity index is 3010. The van der Waals surface area contributed by atoms with Crippen LogP contribution in [0.15, 0.2) is 170 Å². The first-order chi connectivity index (χ1) is 31.1. The number of hydrogen-bond acceptors (Lipinski definition) is 8. The van der Waals surface area contributed by atoms with E-state index in [4.69, 9.17) is 21.3 Å². The predicted molar refractivity (Wildman–Crippen MR) is 257 cm³/mol. The van der Waals surface area contributed by atoms with E-state index in [9.17, 15) is 19.2 Å². The van der Waals surface area contributed by atoms with Crippen LogP contribution < -0.4 is 41.0 Å². The summed E-state index contributed by atoms with van der Waals surface area (Å²) in [5, 5.41) is 19.0. The van der Waals surface area contributed by atoms with Crippen molar-refractivity contribution < 1.29 is 53.4 Å². The van der Waals surface area contributed by atoms with E-state index in [1.54, 1.807) is 37.3 Å². The van der Waals surface area contributed by atoms with Crippen molar-refractivity contribution in [2.75, 3.05) is 17.2 Å². The predicted octanol–water partition coefficient (Wildman–Crippen LogP) is 7.00. The van der Waals surface area contributed by atoms with Gasteiger partial charge in [0.05, 0.1) is 19.4 Å². The first-order valence-electron chi connectivity index (χ1n) is 20.9. The number of fused-ring (bicyclic) bond motifs is 2. The molecule has 0 fully saturated rings. The van der Waals surface area contributed by atoms with Crippen LogP contribution in [-0.4, -0.2) is 40.9 Å². The number of nitrogens with two attached hydrogens (primary N) is 2. The molecule has 8 aromatic rings. The summed E-state index contributed by atoms with van der Waals surface area (Å²) in [7, 11) is 0. The molecule has 0 aliphatic rings. The molecule has 0 aromatic heterocycles. The number of rotatable bonds is 13. The van der Waals surface area contributed by atoms with Crippen molar-refractivity contribution in [1.29, 1.82) is 0 Å². The topological polar surface area (TPSA) is 204 Å². The zero-order valence-electron chi connectivity index (χ0n) is 36.8. The first-order valence-corrected chi connectivity index (χ1v) is 20.9. The number of carbonyl (C=O) groups excluding carboxylic acids is 3. The number of carboxylic acids is 1. The smallest absolute Gasteiger partial charge is 0.870 e. The minimum atomic E-state index is -0.950. The van der Waals surface area contributed by atoms with Gasteiger partial charge in [-0.2, -0.15) is 0 Å². The molecular weight excluding hydrogens is 824 g/mol. The summed E-state index contributed by atoms with van der Waals surface area (Å²) in [4.78, 5) is 49.5. The molecule has 12 heteroatoms. The summed E-state index contributed by atoms with van der Waals surface area (Å²) in [5.74, 6) is -1.81. The van der Waals surface area contributed by atoms with Crippen molar-refractivity contribution in [3.63, 3.8) is 0 Å². The first kappa shape index (κ1) is 49.6. The van der Waals surface area contributed by atoms with Crippen molar-refractivity contribution >= 4 is 56.7 Å². The number of carboxylic acid groups (broad SMARTS) is 1. The third-order valence-corrected chi connectivity index (χ3v) is 10.7. The maximum Gasteiger partial charge on any atom is 1.00 e. The van der Waals surface area contributed by atoms with Gasteiger partial charge in [0, 0.05) is 35.6 Å². The van der Waals surface area contributed by atoms with Gasteiger partial charge in [-0.15, -0.1) is 0 Å². The molecule has 0 spiro atoms. The molecule has 66 heavy (non-hydrogen) atoms. The number of carbonyl (C=O) groups is 4. The summed E-state index contributed by atoms with van der Waals surface area (Å²) in [6, 6.07) is 53.6. The zero-order valence-corrected chi connectivity index (χ0v) is 36.8. The molecular formula is C54H49LiN4O7.